The van der Waals surface area contributed by atoms with Gasteiger partial charge in [0, 0.05) is 37.5 Å². The molecule has 0 radical (unpaired) electrons. The summed E-state index contributed by atoms with van der Waals surface area (Å²) in [5.74, 6) is -0.0673. The fourth-order valence-corrected chi connectivity index (χ4v) is 3.18. The lowest BCUT2D eigenvalue weighted by Gasteiger charge is -2.11. The fourth-order valence-electron chi connectivity index (χ4n) is 3.18. The number of carbonyl (C=O) groups is 1. The van der Waals surface area contributed by atoms with Crippen molar-refractivity contribution in [2.24, 2.45) is 0 Å². The van der Waals surface area contributed by atoms with E-state index in [1.165, 1.54) is 0 Å². The topological polar surface area (TPSA) is 103 Å². The SMILES string of the molecule is Cc1[nH]c(=O)c(C#N)c(C)c1CCC(=O)NCCc1cn2ccccc2n1. The van der Waals surface area contributed by atoms with Crippen molar-refractivity contribution in [3.05, 3.63) is 69.0 Å². The molecule has 0 saturated heterocycles. The zero-order chi connectivity index (χ0) is 19.4. The maximum atomic E-state index is 12.1. The van der Waals surface area contributed by atoms with Crippen molar-refractivity contribution in [2.45, 2.75) is 33.1 Å². The molecule has 7 nitrogen and oxygen atoms in total. The van der Waals surface area contributed by atoms with E-state index in [0.29, 0.717) is 37.1 Å². The van der Waals surface area contributed by atoms with Crippen molar-refractivity contribution in [3.63, 3.8) is 0 Å². The highest BCUT2D eigenvalue weighted by Crippen LogP contribution is 2.14. The molecule has 7 heteroatoms. The minimum absolute atomic E-state index is 0.0673. The van der Waals surface area contributed by atoms with Crippen LogP contribution in [0.15, 0.2) is 35.4 Å². The Morgan fingerprint density at radius 3 is 2.89 bits per heavy atom. The second-order valence-electron chi connectivity index (χ2n) is 6.47. The number of imidazole rings is 1. The van der Waals surface area contributed by atoms with E-state index in [1.54, 1.807) is 13.8 Å². The monoisotopic (exact) mass is 363 g/mol. The quantitative estimate of drug-likeness (QED) is 0.697. The van der Waals surface area contributed by atoms with E-state index in [2.05, 4.69) is 15.3 Å². The number of rotatable bonds is 6. The largest absolute Gasteiger partial charge is 0.356 e. The van der Waals surface area contributed by atoms with Gasteiger partial charge in [-0.2, -0.15) is 5.26 Å². The molecule has 2 N–H and O–H groups in total. The number of aromatic nitrogens is 3. The highest BCUT2D eigenvalue weighted by atomic mass is 16.1. The molecule has 0 atom stereocenters. The van der Waals surface area contributed by atoms with Crippen LogP contribution in [0, 0.1) is 25.2 Å². The van der Waals surface area contributed by atoms with Crippen LogP contribution in [-0.4, -0.2) is 26.8 Å². The molecule has 0 aliphatic heterocycles. The first-order valence-electron chi connectivity index (χ1n) is 8.81. The predicted octanol–water partition coefficient (Wildman–Crippen LogP) is 1.80. The molecule has 0 bridgehead atoms. The van der Waals surface area contributed by atoms with Crippen LogP contribution in [0.4, 0.5) is 0 Å². The lowest BCUT2D eigenvalue weighted by molar-refractivity contribution is -0.121. The number of carbonyl (C=O) groups excluding carboxylic acids is 1. The average Bonchev–Trinajstić information content (AvgIpc) is 3.04. The van der Waals surface area contributed by atoms with E-state index >= 15 is 0 Å². The second-order valence-corrected chi connectivity index (χ2v) is 6.47. The Kier molecular flexibility index (Phi) is 5.36. The normalized spacial score (nSPS) is 10.7. The van der Waals surface area contributed by atoms with Crippen LogP contribution in [0.2, 0.25) is 0 Å². The van der Waals surface area contributed by atoms with Crippen LogP contribution >= 0.6 is 0 Å². The van der Waals surface area contributed by atoms with Gasteiger partial charge >= 0.3 is 0 Å². The third kappa shape index (κ3) is 4.06. The third-order valence-corrected chi connectivity index (χ3v) is 4.64. The molecule has 3 heterocycles. The minimum Gasteiger partial charge on any atom is -0.356 e. The molecule has 0 spiro atoms. The third-order valence-electron chi connectivity index (χ3n) is 4.64. The molecule has 0 saturated carbocycles. The van der Waals surface area contributed by atoms with Crippen molar-refractivity contribution < 1.29 is 4.79 Å². The summed E-state index contributed by atoms with van der Waals surface area (Å²) in [5.41, 5.74) is 3.74. The van der Waals surface area contributed by atoms with E-state index in [0.717, 1.165) is 16.9 Å². The number of aryl methyl sites for hydroxylation is 1. The Morgan fingerprint density at radius 2 is 2.15 bits per heavy atom. The maximum absolute atomic E-state index is 12.1. The van der Waals surface area contributed by atoms with Crippen LogP contribution in [-0.2, 0) is 17.6 Å². The molecule has 0 fully saturated rings. The van der Waals surface area contributed by atoms with Gasteiger partial charge in [0.25, 0.3) is 5.56 Å². The number of nitriles is 1. The summed E-state index contributed by atoms with van der Waals surface area (Å²) in [6.07, 6.45) is 5.32. The summed E-state index contributed by atoms with van der Waals surface area (Å²) in [7, 11) is 0. The Labute approximate surface area is 156 Å². The highest BCUT2D eigenvalue weighted by Gasteiger charge is 2.13. The van der Waals surface area contributed by atoms with Gasteiger partial charge in [0.1, 0.15) is 17.3 Å². The van der Waals surface area contributed by atoms with Crippen LogP contribution in [0.5, 0.6) is 0 Å². The zero-order valence-corrected chi connectivity index (χ0v) is 15.4. The van der Waals surface area contributed by atoms with Crippen LogP contribution in [0.1, 0.15) is 34.5 Å². The molecule has 3 aromatic heterocycles. The van der Waals surface area contributed by atoms with E-state index in [1.807, 2.05) is 41.1 Å². The van der Waals surface area contributed by atoms with Crippen molar-refractivity contribution in [2.75, 3.05) is 6.54 Å². The molecule has 27 heavy (non-hydrogen) atoms. The minimum atomic E-state index is -0.381. The number of fused-ring (bicyclic) bond motifs is 1. The van der Waals surface area contributed by atoms with Gasteiger partial charge in [-0.25, -0.2) is 4.98 Å². The van der Waals surface area contributed by atoms with Gasteiger partial charge in [-0.15, -0.1) is 0 Å². The molecular formula is C20H21N5O2. The van der Waals surface area contributed by atoms with Crippen molar-refractivity contribution in [3.8, 4) is 6.07 Å². The summed E-state index contributed by atoms with van der Waals surface area (Å²) in [6, 6.07) is 7.75. The standard InChI is InChI=1S/C20H21N5O2/c1-13-16(14(2)23-20(27)17(13)11-21)6-7-19(26)22-9-8-15-12-25-10-4-3-5-18(25)24-15/h3-5,10,12H,6-9H2,1-2H3,(H,22,26)(H,23,27). The van der Waals surface area contributed by atoms with Gasteiger partial charge < -0.3 is 14.7 Å². The summed E-state index contributed by atoms with van der Waals surface area (Å²) in [6.45, 7) is 4.04. The van der Waals surface area contributed by atoms with Crippen LogP contribution < -0.4 is 10.9 Å². The number of nitrogens with one attached hydrogen (secondary N) is 2. The van der Waals surface area contributed by atoms with Crippen molar-refractivity contribution in [1.29, 1.82) is 5.26 Å². The second kappa shape index (κ2) is 7.87. The smallest absolute Gasteiger partial charge is 0.266 e. The maximum Gasteiger partial charge on any atom is 0.266 e. The number of hydrogen-bond donors (Lipinski definition) is 2. The van der Waals surface area contributed by atoms with Gasteiger partial charge in [0.2, 0.25) is 5.91 Å². The van der Waals surface area contributed by atoms with Crippen LogP contribution in [0.25, 0.3) is 5.65 Å². The number of pyridine rings is 2. The molecule has 3 rings (SSSR count). The van der Waals surface area contributed by atoms with E-state index < -0.39 is 0 Å². The molecule has 3 aromatic rings. The van der Waals surface area contributed by atoms with Gasteiger partial charge in [-0.05, 0) is 43.5 Å². The summed E-state index contributed by atoms with van der Waals surface area (Å²) in [5, 5.41) is 12.0. The first kappa shape index (κ1) is 18.4. The van der Waals surface area contributed by atoms with Crippen LogP contribution in [0.3, 0.4) is 0 Å². The molecule has 0 aromatic carbocycles. The number of hydrogen-bond acceptors (Lipinski definition) is 4. The molecule has 0 aliphatic rings. The lowest BCUT2D eigenvalue weighted by atomic mass is 9.99. The number of amides is 1. The molecule has 138 valence electrons. The fraction of sp³-hybridized carbons (Fsp3) is 0.300. The number of H-pyrrole nitrogens is 1. The number of aromatic amines is 1. The predicted molar refractivity (Wildman–Crippen MR) is 101 cm³/mol. The summed E-state index contributed by atoms with van der Waals surface area (Å²) >= 11 is 0. The van der Waals surface area contributed by atoms with Gasteiger partial charge in [-0.3, -0.25) is 9.59 Å². The molecule has 0 aliphatic carbocycles. The molecule has 1 amide bonds. The zero-order valence-electron chi connectivity index (χ0n) is 15.4. The lowest BCUT2D eigenvalue weighted by Crippen LogP contribution is -2.26. The van der Waals surface area contributed by atoms with Gasteiger partial charge in [0.15, 0.2) is 0 Å². The van der Waals surface area contributed by atoms with E-state index in [-0.39, 0.29) is 17.0 Å². The van der Waals surface area contributed by atoms with Gasteiger partial charge in [-0.1, -0.05) is 6.07 Å². The van der Waals surface area contributed by atoms with Gasteiger partial charge in [0.05, 0.1) is 5.69 Å². The van der Waals surface area contributed by atoms with Crippen molar-refractivity contribution in [1.82, 2.24) is 19.7 Å². The Balaban J connectivity index is 1.54. The molecular weight excluding hydrogens is 342 g/mol. The Hall–Kier alpha value is -3.40. The summed E-state index contributed by atoms with van der Waals surface area (Å²) < 4.78 is 1.95. The average molecular weight is 363 g/mol. The first-order valence-corrected chi connectivity index (χ1v) is 8.81. The highest BCUT2D eigenvalue weighted by molar-refractivity contribution is 5.76. The Bertz CT molecular complexity index is 1050. The molecule has 0 unspecified atom stereocenters. The first-order chi connectivity index (χ1) is 13.0. The summed E-state index contributed by atoms with van der Waals surface area (Å²) in [4.78, 5) is 31.1. The van der Waals surface area contributed by atoms with E-state index in [9.17, 15) is 9.59 Å². The number of nitrogens with zero attached hydrogens (tertiary/aromatic N) is 3. The van der Waals surface area contributed by atoms with E-state index in [4.69, 9.17) is 5.26 Å². The van der Waals surface area contributed by atoms with Crippen molar-refractivity contribution >= 4 is 11.6 Å². The Morgan fingerprint density at radius 1 is 1.33 bits per heavy atom.